The molecule has 0 aromatic heterocycles. The number of carbonyl (C=O) groups is 2. The van der Waals surface area contributed by atoms with Crippen LogP contribution in [-0.4, -0.2) is 11.8 Å². The van der Waals surface area contributed by atoms with Crippen LogP contribution in [-0.2, 0) is 11.3 Å². The summed E-state index contributed by atoms with van der Waals surface area (Å²) in [7, 11) is 0. The van der Waals surface area contributed by atoms with Crippen molar-refractivity contribution < 1.29 is 9.59 Å². The Kier molecular flexibility index (Phi) is 4.65. The maximum Gasteiger partial charge on any atom is 0.255 e. The average Bonchev–Trinajstić information content (AvgIpc) is 2.72. The normalized spacial score (nSPS) is 29.4. The summed E-state index contributed by atoms with van der Waals surface area (Å²) in [4.78, 5) is 25.4. The highest BCUT2D eigenvalue weighted by Gasteiger charge is 2.54. The number of carbonyl (C=O) groups excluding carboxylic acids is 2. The van der Waals surface area contributed by atoms with Crippen LogP contribution in [0.15, 0.2) is 54.6 Å². The zero-order chi connectivity index (χ0) is 19.8. The summed E-state index contributed by atoms with van der Waals surface area (Å²) >= 11 is 0. The number of anilines is 1. The summed E-state index contributed by atoms with van der Waals surface area (Å²) in [6.45, 7) is 0.529. The van der Waals surface area contributed by atoms with Crippen LogP contribution < -0.4 is 10.6 Å². The van der Waals surface area contributed by atoms with Crippen molar-refractivity contribution in [2.75, 3.05) is 5.32 Å². The van der Waals surface area contributed by atoms with Crippen LogP contribution >= 0.6 is 0 Å². The van der Waals surface area contributed by atoms with Crippen molar-refractivity contribution in [1.29, 1.82) is 0 Å². The summed E-state index contributed by atoms with van der Waals surface area (Å²) < 4.78 is 0. The number of amides is 2. The van der Waals surface area contributed by atoms with Gasteiger partial charge in [-0.3, -0.25) is 9.59 Å². The number of hydrogen-bond donors (Lipinski definition) is 2. The Bertz CT molecular complexity index is 869. The van der Waals surface area contributed by atoms with E-state index in [9.17, 15) is 9.59 Å². The van der Waals surface area contributed by atoms with Gasteiger partial charge in [0, 0.05) is 23.2 Å². The second kappa shape index (κ2) is 7.33. The lowest BCUT2D eigenvalue weighted by Gasteiger charge is -2.55. The molecule has 4 nitrogen and oxygen atoms in total. The van der Waals surface area contributed by atoms with E-state index < -0.39 is 0 Å². The predicted molar refractivity (Wildman–Crippen MR) is 113 cm³/mol. The molecule has 6 rings (SSSR count). The van der Waals surface area contributed by atoms with Crippen LogP contribution in [0.2, 0.25) is 0 Å². The Hall–Kier alpha value is -2.62. The van der Waals surface area contributed by atoms with Gasteiger partial charge in [-0.2, -0.15) is 0 Å². The van der Waals surface area contributed by atoms with Crippen molar-refractivity contribution in [2.24, 2.45) is 23.2 Å². The minimum atomic E-state index is -0.125. The lowest BCUT2D eigenvalue weighted by atomic mass is 9.49. The second-order valence-electron chi connectivity index (χ2n) is 9.40. The van der Waals surface area contributed by atoms with Crippen molar-refractivity contribution in [1.82, 2.24) is 5.32 Å². The average molecular weight is 389 g/mol. The number of rotatable bonds is 5. The molecular formula is C25H28N2O2. The molecule has 0 atom stereocenters. The minimum Gasteiger partial charge on any atom is -0.352 e. The summed E-state index contributed by atoms with van der Waals surface area (Å²) in [5, 5.41) is 6.10. The van der Waals surface area contributed by atoms with Gasteiger partial charge in [0.1, 0.15) is 0 Å². The highest BCUT2D eigenvalue weighted by molar-refractivity contribution is 6.04. The molecule has 4 saturated carbocycles. The molecule has 2 aromatic carbocycles. The van der Waals surface area contributed by atoms with Gasteiger partial charge >= 0.3 is 0 Å². The van der Waals surface area contributed by atoms with Crippen molar-refractivity contribution in [2.45, 2.75) is 45.1 Å². The van der Waals surface area contributed by atoms with Gasteiger partial charge in [0.15, 0.2) is 0 Å². The number of benzene rings is 2. The number of hydrogen-bond acceptors (Lipinski definition) is 2. The van der Waals surface area contributed by atoms with E-state index in [4.69, 9.17) is 0 Å². The zero-order valence-corrected chi connectivity index (χ0v) is 16.7. The molecule has 2 N–H and O–H groups in total. The Balaban J connectivity index is 1.18. The summed E-state index contributed by atoms with van der Waals surface area (Å²) in [5.41, 5.74) is 2.32. The van der Waals surface area contributed by atoms with Gasteiger partial charge in [0.25, 0.3) is 5.91 Å². The van der Waals surface area contributed by atoms with Gasteiger partial charge < -0.3 is 10.6 Å². The van der Waals surface area contributed by atoms with E-state index in [2.05, 4.69) is 10.6 Å². The van der Waals surface area contributed by atoms with E-state index in [1.54, 1.807) is 0 Å². The SMILES string of the molecule is O=C(Nc1ccccc1)c1ccc(CNC(=O)C23CC4CC(CC(C4)C2)C3)cc1. The fraction of sp³-hybridized carbons (Fsp3) is 0.440. The van der Waals surface area contributed by atoms with Crippen LogP contribution in [0.4, 0.5) is 5.69 Å². The van der Waals surface area contributed by atoms with Crippen molar-refractivity contribution in [3.05, 3.63) is 65.7 Å². The smallest absolute Gasteiger partial charge is 0.255 e. The summed E-state index contributed by atoms with van der Waals surface area (Å²) in [6, 6.07) is 17.0. The molecule has 2 amide bonds. The molecule has 0 aliphatic heterocycles. The second-order valence-corrected chi connectivity index (χ2v) is 9.40. The van der Waals surface area contributed by atoms with Crippen LogP contribution in [0.3, 0.4) is 0 Å². The Morgan fingerprint density at radius 1 is 0.828 bits per heavy atom. The third-order valence-corrected chi connectivity index (χ3v) is 7.22. The Labute approximate surface area is 172 Å². The summed E-state index contributed by atoms with van der Waals surface area (Å²) in [5.74, 6) is 2.45. The molecule has 0 spiro atoms. The van der Waals surface area contributed by atoms with Gasteiger partial charge in [-0.25, -0.2) is 0 Å². The number of para-hydroxylation sites is 1. The Morgan fingerprint density at radius 2 is 1.41 bits per heavy atom. The topological polar surface area (TPSA) is 58.2 Å². The predicted octanol–water partition coefficient (Wildman–Crippen LogP) is 4.77. The fourth-order valence-corrected chi connectivity index (χ4v) is 6.26. The molecule has 4 fully saturated rings. The van der Waals surface area contributed by atoms with Crippen LogP contribution in [0.1, 0.15) is 54.4 Å². The van der Waals surface area contributed by atoms with Crippen LogP contribution in [0.5, 0.6) is 0 Å². The molecule has 4 bridgehead atoms. The van der Waals surface area contributed by atoms with E-state index in [1.165, 1.54) is 19.3 Å². The van der Waals surface area contributed by atoms with E-state index >= 15 is 0 Å². The first-order valence-corrected chi connectivity index (χ1v) is 10.8. The van der Waals surface area contributed by atoms with E-state index in [-0.39, 0.29) is 17.2 Å². The maximum atomic E-state index is 13.1. The van der Waals surface area contributed by atoms with Crippen molar-refractivity contribution in [3.63, 3.8) is 0 Å². The van der Waals surface area contributed by atoms with Crippen LogP contribution in [0, 0.1) is 23.2 Å². The molecule has 0 radical (unpaired) electrons. The highest BCUT2D eigenvalue weighted by atomic mass is 16.2. The van der Waals surface area contributed by atoms with Crippen LogP contribution in [0.25, 0.3) is 0 Å². The molecule has 0 saturated heterocycles. The monoisotopic (exact) mass is 388 g/mol. The highest BCUT2D eigenvalue weighted by Crippen LogP contribution is 2.60. The van der Waals surface area contributed by atoms with Gasteiger partial charge in [-0.1, -0.05) is 30.3 Å². The van der Waals surface area contributed by atoms with E-state index in [0.717, 1.165) is 48.3 Å². The quantitative estimate of drug-likeness (QED) is 0.775. The first kappa shape index (κ1) is 18.4. The van der Waals surface area contributed by atoms with Gasteiger partial charge in [-0.05, 0) is 86.1 Å². The standard InChI is InChI=1S/C25H28N2O2/c28-23(27-22-4-2-1-3-5-22)21-8-6-17(7-9-21)16-26-24(29)25-13-18-10-19(14-25)12-20(11-18)15-25/h1-9,18-20H,10-16H2,(H,26,29)(H,27,28). The molecule has 0 unspecified atom stereocenters. The minimum absolute atomic E-state index is 0.107. The first-order chi connectivity index (χ1) is 14.1. The van der Waals surface area contributed by atoms with Gasteiger partial charge in [0.2, 0.25) is 5.91 Å². The van der Waals surface area contributed by atoms with E-state index in [1.807, 2.05) is 54.6 Å². The number of nitrogens with one attached hydrogen (secondary N) is 2. The molecule has 4 heteroatoms. The molecule has 4 aliphatic carbocycles. The molecule has 4 aliphatic rings. The van der Waals surface area contributed by atoms with Gasteiger partial charge in [-0.15, -0.1) is 0 Å². The van der Waals surface area contributed by atoms with Crippen molar-refractivity contribution >= 4 is 17.5 Å². The zero-order valence-electron chi connectivity index (χ0n) is 16.7. The lowest BCUT2D eigenvalue weighted by molar-refractivity contribution is -0.146. The fourth-order valence-electron chi connectivity index (χ4n) is 6.26. The molecule has 2 aromatic rings. The van der Waals surface area contributed by atoms with Gasteiger partial charge in [0.05, 0.1) is 0 Å². The third-order valence-electron chi connectivity index (χ3n) is 7.22. The first-order valence-electron chi connectivity index (χ1n) is 10.8. The van der Waals surface area contributed by atoms with Crippen molar-refractivity contribution in [3.8, 4) is 0 Å². The summed E-state index contributed by atoms with van der Waals surface area (Å²) in [6.07, 6.45) is 7.30. The largest absolute Gasteiger partial charge is 0.352 e. The molecule has 29 heavy (non-hydrogen) atoms. The molecular weight excluding hydrogens is 360 g/mol. The third kappa shape index (κ3) is 3.68. The molecule has 150 valence electrons. The Morgan fingerprint density at radius 3 is 2.00 bits per heavy atom. The lowest BCUT2D eigenvalue weighted by Crippen LogP contribution is -2.53. The maximum absolute atomic E-state index is 13.1. The molecule has 0 heterocycles. The van der Waals surface area contributed by atoms with E-state index in [0.29, 0.717) is 12.1 Å².